The average molecular weight is 187 g/mol. The van der Waals surface area contributed by atoms with Crippen LogP contribution >= 0.6 is 0 Å². The van der Waals surface area contributed by atoms with Gasteiger partial charge in [-0.1, -0.05) is 24.3 Å². The molecule has 0 unspecified atom stereocenters. The fraction of sp³-hybridized carbons (Fsp3) is 0.538. The van der Waals surface area contributed by atoms with Crippen LogP contribution in [0.5, 0.6) is 0 Å². The largest absolute Gasteiger partial charge is 0.313 e. The predicted molar refractivity (Wildman–Crippen MR) is 58.4 cm³/mol. The van der Waals surface area contributed by atoms with Crippen molar-refractivity contribution in [1.29, 1.82) is 0 Å². The Labute approximate surface area is 85.5 Å². The van der Waals surface area contributed by atoms with Crippen molar-refractivity contribution in [2.45, 2.75) is 31.7 Å². The molecule has 0 saturated carbocycles. The molecular formula is C13H17N. The van der Waals surface area contributed by atoms with Gasteiger partial charge in [0, 0.05) is 6.04 Å². The summed E-state index contributed by atoms with van der Waals surface area (Å²) in [6.45, 7) is 1.24. The van der Waals surface area contributed by atoms with E-state index in [0.29, 0.717) is 0 Å². The predicted octanol–water partition coefficient (Wildman–Crippen LogP) is 2.15. The van der Waals surface area contributed by atoms with Gasteiger partial charge in [0.2, 0.25) is 0 Å². The lowest BCUT2D eigenvalue weighted by Gasteiger charge is -2.34. The van der Waals surface area contributed by atoms with Gasteiger partial charge >= 0.3 is 0 Å². The second-order valence-electron chi connectivity index (χ2n) is 4.73. The van der Waals surface area contributed by atoms with Crippen LogP contribution in [0.15, 0.2) is 24.3 Å². The summed E-state index contributed by atoms with van der Waals surface area (Å²) >= 11 is 0. The first-order chi connectivity index (χ1) is 6.92. The van der Waals surface area contributed by atoms with Crippen LogP contribution in [0.4, 0.5) is 0 Å². The molecule has 1 saturated heterocycles. The highest BCUT2D eigenvalue weighted by Gasteiger charge is 2.25. The SMILES string of the molecule is c1ccc2c(c1)C[C@@H]1CC[C@H](C2)NC1. The minimum atomic E-state index is 0.743. The minimum absolute atomic E-state index is 0.743. The van der Waals surface area contributed by atoms with E-state index in [1.54, 1.807) is 11.1 Å². The van der Waals surface area contributed by atoms with Gasteiger partial charge in [0.25, 0.3) is 0 Å². The third-order valence-electron chi connectivity index (χ3n) is 3.71. The van der Waals surface area contributed by atoms with Crippen LogP contribution in [0.1, 0.15) is 24.0 Å². The molecular weight excluding hydrogens is 170 g/mol. The number of fused-ring (bicyclic) bond motifs is 2. The molecule has 2 aliphatic heterocycles. The normalized spacial score (nSPS) is 30.6. The van der Waals surface area contributed by atoms with Crippen LogP contribution in [-0.2, 0) is 12.8 Å². The van der Waals surface area contributed by atoms with Crippen LogP contribution in [0.2, 0.25) is 0 Å². The summed E-state index contributed by atoms with van der Waals surface area (Å²) in [7, 11) is 0. The molecule has 3 aliphatic rings. The molecule has 0 radical (unpaired) electrons. The average Bonchev–Trinajstić information content (AvgIpc) is 2.17. The topological polar surface area (TPSA) is 12.0 Å². The zero-order valence-corrected chi connectivity index (χ0v) is 8.50. The second kappa shape index (κ2) is 3.39. The Morgan fingerprint density at radius 2 is 1.79 bits per heavy atom. The van der Waals surface area contributed by atoms with Crippen LogP contribution in [0.3, 0.4) is 0 Å². The number of rotatable bonds is 0. The highest BCUT2D eigenvalue weighted by atomic mass is 14.9. The maximum atomic E-state index is 3.66. The molecule has 1 heteroatoms. The van der Waals surface area contributed by atoms with Crippen molar-refractivity contribution in [3.8, 4) is 0 Å². The number of hydrogen-bond acceptors (Lipinski definition) is 1. The first-order valence-electron chi connectivity index (χ1n) is 5.72. The van der Waals surface area contributed by atoms with Crippen molar-refractivity contribution in [3.63, 3.8) is 0 Å². The van der Waals surface area contributed by atoms with E-state index in [-0.39, 0.29) is 0 Å². The molecule has 1 aliphatic carbocycles. The van der Waals surface area contributed by atoms with Gasteiger partial charge in [0.05, 0.1) is 0 Å². The van der Waals surface area contributed by atoms with Crippen LogP contribution in [-0.4, -0.2) is 12.6 Å². The maximum Gasteiger partial charge on any atom is 0.0108 e. The standard InChI is InChI=1S/C13H17N/c1-2-4-12-8-13-6-5-10(9-14-13)7-11(12)3-1/h1-4,10,13-14H,5-9H2/t10-,13+/m0/s1. The van der Waals surface area contributed by atoms with Gasteiger partial charge in [-0.3, -0.25) is 0 Å². The van der Waals surface area contributed by atoms with E-state index in [1.165, 1.54) is 32.2 Å². The summed E-state index contributed by atoms with van der Waals surface area (Å²) in [4.78, 5) is 0. The summed E-state index contributed by atoms with van der Waals surface area (Å²) in [6.07, 6.45) is 5.32. The Balaban J connectivity index is 1.98. The Morgan fingerprint density at radius 1 is 1.00 bits per heavy atom. The van der Waals surface area contributed by atoms with Gasteiger partial charge in [0.1, 0.15) is 0 Å². The third-order valence-corrected chi connectivity index (χ3v) is 3.71. The molecule has 0 aromatic heterocycles. The molecule has 4 rings (SSSR count). The second-order valence-corrected chi connectivity index (χ2v) is 4.73. The highest BCUT2D eigenvalue weighted by Crippen LogP contribution is 2.27. The summed E-state index contributed by atoms with van der Waals surface area (Å²) in [5.74, 6) is 0.882. The van der Waals surface area contributed by atoms with Gasteiger partial charge in [-0.25, -0.2) is 0 Å². The van der Waals surface area contributed by atoms with Gasteiger partial charge < -0.3 is 5.32 Å². The smallest absolute Gasteiger partial charge is 0.0108 e. The molecule has 2 atom stereocenters. The van der Waals surface area contributed by atoms with Crippen molar-refractivity contribution in [3.05, 3.63) is 35.4 Å². The zero-order chi connectivity index (χ0) is 9.38. The van der Waals surface area contributed by atoms with Crippen molar-refractivity contribution < 1.29 is 0 Å². The molecule has 1 N–H and O–H groups in total. The Morgan fingerprint density at radius 3 is 2.50 bits per heavy atom. The molecule has 0 amide bonds. The first kappa shape index (κ1) is 8.49. The van der Waals surface area contributed by atoms with Gasteiger partial charge in [-0.15, -0.1) is 0 Å². The lowest BCUT2D eigenvalue weighted by atomic mass is 9.81. The van der Waals surface area contributed by atoms with E-state index in [1.807, 2.05) is 0 Å². The summed E-state index contributed by atoms with van der Waals surface area (Å²) in [5.41, 5.74) is 3.18. The van der Waals surface area contributed by atoms with Crippen LogP contribution < -0.4 is 5.32 Å². The monoisotopic (exact) mass is 187 g/mol. The van der Waals surface area contributed by atoms with Crippen LogP contribution in [0, 0.1) is 5.92 Å². The van der Waals surface area contributed by atoms with Crippen molar-refractivity contribution in [2.24, 2.45) is 5.92 Å². The maximum absolute atomic E-state index is 3.66. The number of piperidine rings is 1. The molecule has 2 heterocycles. The van der Waals surface area contributed by atoms with E-state index in [0.717, 1.165) is 12.0 Å². The van der Waals surface area contributed by atoms with E-state index in [4.69, 9.17) is 0 Å². The molecule has 1 aromatic rings. The van der Waals surface area contributed by atoms with E-state index in [2.05, 4.69) is 29.6 Å². The molecule has 74 valence electrons. The number of benzene rings is 1. The van der Waals surface area contributed by atoms with E-state index >= 15 is 0 Å². The number of nitrogens with one attached hydrogen (secondary N) is 1. The fourth-order valence-electron chi connectivity index (χ4n) is 2.86. The summed E-state index contributed by atoms with van der Waals surface area (Å²) in [5, 5.41) is 3.66. The summed E-state index contributed by atoms with van der Waals surface area (Å²) < 4.78 is 0. The Kier molecular flexibility index (Phi) is 2.06. The van der Waals surface area contributed by atoms with E-state index in [9.17, 15) is 0 Å². The molecule has 1 nitrogen and oxygen atoms in total. The lowest BCUT2D eigenvalue weighted by molar-refractivity contribution is 0.296. The quantitative estimate of drug-likeness (QED) is 0.656. The van der Waals surface area contributed by atoms with E-state index < -0.39 is 0 Å². The molecule has 2 bridgehead atoms. The fourth-order valence-corrected chi connectivity index (χ4v) is 2.86. The highest BCUT2D eigenvalue weighted by molar-refractivity contribution is 5.29. The molecule has 1 fully saturated rings. The van der Waals surface area contributed by atoms with Crippen molar-refractivity contribution in [2.75, 3.05) is 6.54 Å². The van der Waals surface area contributed by atoms with Gasteiger partial charge in [-0.05, 0) is 49.3 Å². The van der Waals surface area contributed by atoms with Crippen molar-refractivity contribution >= 4 is 0 Å². The van der Waals surface area contributed by atoms with Gasteiger partial charge in [0.15, 0.2) is 0 Å². The van der Waals surface area contributed by atoms with Crippen molar-refractivity contribution in [1.82, 2.24) is 5.32 Å². The zero-order valence-electron chi connectivity index (χ0n) is 8.50. The first-order valence-corrected chi connectivity index (χ1v) is 5.72. The summed E-state index contributed by atoms with van der Waals surface area (Å²) in [6, 6.07) is 9.72. The molecule has 1 aromatic carbocycles. The Bertz CT molecular complexity index is 291. The number of hydrogen-bond donors (Lipinski definition) is 1. The van der Waals surface area contributed by atoms with Gasteiger partial charge in [-0.2, -0.15) is 0 Å². The Hall–Kier alpha value is -0.820. The minimum Gasteiger partial charge on any atom is -0.313 e. The van der Waals surface area contributed by atoms with Crippen LogP contribution in [0.25, 0.3) is 0 Å². The third kappa shape index (κ3) is 1.46. The molecule has 14 heavy (non-hydrogen) atoms. The lowest BCUT2D eigenvalue weighted by Crippen LogP contribution is -2.42. The molecule has 0 spiro atoms.